The molecular weight excluding hydrogens is 469 g/mol. The average molecular weight is 486 g/mol. The van der Waals surface area contributed by atoms with Crippen LogP contribution in [-0.4, -0.2) is 24.4 Å². The van der Waals surface area contributed by atoms with E-state index < -0.39 is 17.6 Å². The molecule has 0 aliphatic carbocycles. The van der Waals surface area contributed by atoms with E-state index in [9.17, 15) is 22.8 Å². The molecule has 0 saturated carbocycles. The van der Waals surface area contributed by atoms with Crippen molar-refractivity contribution < 1.29 is 32.2 Å². The molecule has 6 nitrogen and oxygen atoms in total. The van der Waals surface area contributed by atoms with Crippen molar-refractivity contribution >= 4 is 35.0 Å². The minimum Gasteiger partial charge on any atom is -0.454 e. The van der Waals surface area contributed by atoms with Crippen LogP contribution >= 0.6 is 11.8 Å². The normalized spacial score (nSPS) is 17.2. The molecule has 174 valence electrons. The van der Waals surface area contributed by atoms with Crippen LogP contribution in [0.5, 0.6) is 11.5 Å². The van der Waals surface area contributed by atoms with Gasteiger partial charge in [0.1, 0.15) is 5.37 Å². The molecule has 2 aliphatic rings. The minimum atomic E-state index is -4.46. The van der Waals surface area contributed by atoms with E-state index in [0.717, 1.165) is 29.8 Å². The summed E-state index contributed by atoms with van der Waals surface area (Å²) in [7, 11) is 0. The van der Waals surface area contributed by atoms with E-state index >= 15 is 0 Å². The number of benzene rings is 3. The quantitative estimate of drug-likeness (QED) is 0.530. The Hall–Kier alpha value is -3.66. The fraction of sp³-hybridized carbons (Fsp3) is 0.167. The zero-order chi connectivity index (χ0) is 23.9. The summed E-state index contributed by atoms with van der Waals surface area (Å²) in [6.45, 7) is 0.143. The Morgan fingerprint density at radius 2 is 1.68 bits per heavy atom. The number of alkyl halides is 3. The summed E-state index contributed by atoms with van der Waals surface area (Å²) >= 11 is 1.48. The van der Waals surface area contributed by atoms with Gasteiger partial charge in [0.15, 0.2) is 11.5 Å². The van der Waals surface area contributed by atoms with Crippen LogP contribution in [0.25, 0.3) is 0 Å². The highest BCUT2D eigenvalue weighted by atomic mass is 32.2. The van der Waals surface area contributed by atoms with Crippen molar-refractivity contribution in [3.05, 3.63) is 83.4 Å². The minimum absolute atomic E-state index is 0.0338. The smallest absolute Gasteiger partial charge is 0.416 e. The van der Waals surface area contributed by atoms with E-state index in [-0.39, 0.29) is 23.6 Å². The third-order valence-electron chi connectivity index (χ3n) is 5.43. The average Bonchev–Trinajstić information content (AvgIpc) is 3.45. The van der Waals surface area contributed by atoms with Crippen LogP contribution in [0.2, 0.25) is 0 Å². The molecular formula is C24H17F3N2O4S. The van der Waals surface area contributed by atoms with Crippen molar-refractivity contribution in [1.29, 1.82) is 0 Å². The summed E-state index contributed by atoms with van der Waals surface area (Å²) < 4.78 is 48.9. The van der Waals surface area contributed by atoms with Crippen LogP contribution in [0.4, 0.5) is 24.5 Å². The number of nitrogens with zero attached hydrogens (tertiary/aromatic N) is 1. The number of thioether (sulfide) groups is 1. The van der Waals surface area contributed by atoms with Gasteiger partial charge in [-0.3, -0.25) is 14.5 Å². The topological polar surface area (TPSA) is 67.9 Å². The molecule has 1 atom stereocenters. The number of fused-ring (bicyclic) bond motifs is 1. The van der Waals surface area contributed by atoms with Gasteiger partial charge in [-0.15, -0.1) is 11.8 Å². The second-order valence-electron chi connectivity index (χ2n) is 7.62. The lowest BCUT2D eigenvalue weighted by Gasteiger charge is -2.24. The number of amides is 2. The highest BCUT2D eigenvalue weighted by Crippen LogP contribution is 2.44. The van der Waals surface area contributed by atoms with Gasteiger partial charge in [0, 0.05) is 23.0 Å². The third-order valence-corrected chi connectivity index (χ3v) is 6.64. The first-order valence-corrected chi connectivity index (χ1v) is 11.3. The Morgan fingerprint density at radius 1 is 0.971 bits per heavy atom. The van der Waals surface area contributed by atoms with E-state index in [1.807, 2.05) is 6.07 Å². The third kappa shape index (κ3) is 4.28. The van der Waals surface area contributed by atoms with Gasteiger partial charge in [0.25, 0.3) is 5.91 Å². The Labute approximate surface area is 196 Å². The molecule has 0 spiro atoms. The van der Waals surface area contributed by atoms with E-state index in [1.54, 1.807) is 41.3 Å². The SMILES string of the molecule is O=C(Nc1ccc([C@H]2SCC(=O)N2c2ccc3c(c2)OCO3)cc1)c1ccc(C(F)(F)F)cc1. The fourth-order valence-corrected chi connectivity index (χ4v) is 4.91. The standard InChI is InChI=1S/C24H17F3N2O4S/c25-24(26,27)16-5-1-14(2-6-16)22(31)28-17-7-3-15(4-8-17)23-29(21(30)12-34-23)18-9-10-19-20(11-18)33-13-32-19/h1-11,23H,12-13H2,(H,28,31)/t23-/m1/s1. The van der Waals surface area contributed by atoms with Crippen LogP contribution in [0.1, 0.15) is 26.9 Å². The molecule has 10 heteroatoms. The fourth-order valence-electron chi connectivity index (χ4n) is 3.73. The molecule has 0 aromatic heterocycles. The summed E-state index contributed by atoms with van der Waals surface area (Å²) in [5, 5.41) is 2.42. The number of ether oxygens (including phenoxy) is 2. The number of carbonyl (C=O) groups excluding carboxylic acids is 2. The number of anilines is 2. The Bertz CT molecular complexity index is 1250. The predicted octanol–water partition coefficient (Wildman–Crippen LogP) is 5.47. The van der Waals surface area contributed by atoms with Crippen molar-refractivity contribution in [1.82, 2.24) is 0 Å². The molecule has 1 saturated heterocycles. The predicted molar refractivity (Wildman–Crippen MR) is 121 cm³/mol. The highest BCUT2D eigenvalue weighted by Gasteiger charge is 2.35. The van der Waals surface area contributed by atoms with Gasteiger partial charge in [-0.2, -0.15) is 13.2 Å². The summed E-state index contributed by atoms with van der Waals surface area (Å²) in [6.07, 6.45) is -4.46. The number of carbonyl (C=O) groups is 2. The van der Waals surface area contributed by atoms with Crippen molar-refractivity contribution in [2.24, 2.45) is 0 Å². The van der Waals surface area contributed by atoms with Gasteiger partial charge in [-0.05, 0) is 54.1 Å². The molecule has 3 aromatic carbocycles. The largest absolute Gasteiger partial charge is 0.454 e. The number of hydrogen-bond donors (Lipinski definition) is 1. The second kappa shape index (κ2) is 8.60. The van der Waals surface area contributed by atoms with Gasteiger partial charge in [0.2, 0.25) is 12.7 Å². The number of hydrogen-bond acceptors (Lipinski definition) is 5. The van der Waals surface area contributed by atoms with Gasteiger partial charge in [-0.25, -0.2) is 0 Å². The monoisotopic (exact) mass is 486 g/mol. The van der Waals surface area contributed by atoms with E-state index in [1.165, 1.54) is 11.8 Å². The highest BCUT2D eigenvalue weighted by molar-refractivity contribution is 8.00. The van der Waals surface area contributed by atoms with E-state index in [4.69, 9.17) is 9.47 Å². The number of halogens is 3. The Balaban J connectivity index is 1.30. The van der Waals surface area contributed by atoms with E-state index in [2.05, 4.69) is 5.32 Å². The lowest BCUT2D eigenvalue weighted by molar-refractivity contribution is -0.137. The number of nitrogens with one attached hydrogen (secondary N) is 1. The molecule has 3 aromatic rings. The maximum Gasteiger partial charge on any atom is 0.416 e. The molecule has 34 heavy (non-hydrogen) atoms. The van der Waals surface area contributed by atoms with Crippen LogP contribution < -0.4 is 19.7 Å². The lowest BCUT2D eigenvalue weighted by Crippen LogP contribution is -2.27. The first-order valence-electron chi connectivity index (χ1n) is 10.2. The van der Waals surface area contributed by atoms with Crippen LogP contribution in [-0.2, 0) is 11.0 Å². The summed E-state index contributed by atoms with van der Waals surface area (Å²) in [6, 6.07) is 16.4. The molecule has 5 rings (SSSR count). The molecule has 2 amide bonds. The lowest BCUT2D eigenvalue weighted by atomic mass is 10.1. The second-order valence-corrected chi connectivity index (χ2v) is 8.68. The van der Waals surface area contributed by atoms with E-state index in [0.29, 0.717) is 28.6 Å². The van der Waals surface area contributed by atoms with Crippen LogP contribution in [0, 0.1) is 0 Å². The first kappa shape index (κ1) is 22.1. The molecule has 0 radical (unpaired) electrons. The Kier molecular flexibility index (Phi) is 5.60. The van der Waals surface area contributed by atoms with Crippen LogP contribution in [0.3, 0.4) is 0 Å². The van der Waals surface area contributed by atoms with Crippen molar-refractivity contribution in [3.63, 3.8) is 0 Å². The molecule has 0 unspecified atom stereocenters. The molecule has 1 N–H and O–H groups in total. The maximum absolute atomic E-state index is 12.7. The summed E-state index contributed by atoms with van der Waals surface area (Å²) in [5.74, 6) is 0.989. The molecule has 0 bridgehead atoms. The van der Waals surface area contributed by atoms with Gasteiger partial charge in [0.05, 0.1) is 11.3 Å². The van der Waals surface area contributed by atoms with Gasteiger partial charge >= 0.3 is 6.18 Å². The zero-order valence-corrected chi connectivity index (χ0v) is 18.3. The van der Waals surface area contributed by atoms with Gasteiger partial charge in [-0.1, -0.05) is 12.1 Å². The first-order chi connectivity index (χ1) is 16.3. The molecule has 2 aliphatic heterocycles. The van der Waals surface area contributed by atoms with Crippen molar-refractivity contribution in [2.75, 3.05) is 22.8 Å². The van der Waals surface area contributed by atoms with Crippen LogP contribution in [0.15, 0.2) is 66.7 Å². The zero-order valence-electron chi connectivity index (χ0n) is 17.5. The Morgan fingerprint density at radius 3 is 2.38 bits per heavy atom. The van der Waals surface area contributed by atoms with Gasteiger partial charge < -0.3 is 14.8 Å². The van der Waals surface area contributed by atoms with Crippen molar-refractivity contribution in [2.45, 2.75) is 11.6 Å². The summed E-state index contributed by atoms with van der Waals surface area (Å²) in [4.78, 5) is 26.7. The van der Waals surface area contributed by atoms with Crippen molar-refractivity contribution in [3.8, 4) is 11.5 Å². The molecule has 2 heterocycles. The number of rotatable bonds is 4. The maximum atomic E-state index is 12.7. The molecule has 1 fully saturated rings. The summed E-state index contributed by atoms with van der Waals surface area (Å²) in [5.41, 5.74) is 1.34.